The minimum absolute atomic E-state index is 0.166. The molecular weight excluding hydrogens is 294 g/mol. The lowest BCUT2D eigenvalue weighted by Crippen LogP contribution is -2.06. The summed E-state index contributed by atoms with van der Waals surface area (Å²) in [6, 6.07) is 14.3. The van der Waals surface area contributed by atoms with Crippen molar-refractivity contribution in [3.63, 3.8) is 0 Å². The highest BCUT2D eigenvalue weighted by molar-refractivity contribution is 9.10. The Morgan fingerprint density at radius 3 is 2.61 bits per heavy atom. The second-order valence-corrected chi connectivity index (χ2v) is 4.70. The molecule has 0 aliphatic heterocycles. The van der Waals surface area contributed by atoms with Crippen LogP contribution in [0, 0.1) is 0 Å². The molecule has 0 aliphatic carbocycles. The quantitative estimate of drug-likeness (QED) is 0.698. The van der Waals surface area contributed by atoms with Crippen LogP contribution in [0.15, 0.2) is 53.0 Å². The lowest BCUT2D eigenvalue weighted by atomic mass is 10.2. The SMILES string of the molecule is Nc1ccc(Br)cc1COC(=O)c1ccccc1. The van der Waals surface area contributed by atoms with Crippen LogP contribution in [-0.4, -0.2) is 5.97 Å². The Balaban J connectivity index is 2.04. The van der Waals surface area contributed by atoms with Crippen molar-refractivity contribution in [2.45, 2.75) is 6.61 Å². The van der Waals surface area contributed by atoms with E-state index >= 15 is 0 Å². The van der Waals surface area contributed by atoms with E-state index in [2.05, 4.69) is 15.9 Å². The average Bonchev–Trinajstić information content (AvgIpc) is 2.40. The van der Waals surface area contributed by atoms with E-state index in [4.69, 9.17) is 10.5 Å². The van der Waals surface area contributed by atoms with E-state index in [-0.39, 0.29) is 12.6 Å². The molecular formula is C14H12BrNO2. The summed E-state index contributed by atoms with van der Waals surface area (Å²) in [5, 5.41) is 0. The van der Waals surface area contributed by atoms with Gasteiger partial charge in [0, 0.05) is 15.7 Å². The molecule has 4 heteroatoms. The third kappa shape index (κ3) is 3.11. The first-order valence-corrected chi connectivity index (χ1v) is 6.22. The second-order valence-electron chi connectivity index (χ2n) is 3.79. The Morgan fingerprint density at radius 2 is 1.89 bits per heavy atom. The summed E-state index contributed by atoms with van der Waals surface area (Å²) in [5.41, 5.74) is 7.73. The smallest absolute Gasteiger partial charge is 0.338 e. The van der Waals surface area contributed by atoms with Gasteiger partial charge in [0.1, 0.15) is 6.61 Å². The fourth-order valence-corrected chi connectivity index (χ4v) is 1.91. The van der Waals surface area contributed by atoms with Crippen LogP contribution in [0.5, 0.6) is 0 Å². The molecule has 0 aromatic heterocycles. The largest absolute Gasteiger partial charge is 0.457 e. The number of hydrogen-bond donors (Lipinski definition) is 1. The topological polar surface area (TPSA) is 52.3 Å². The van der Waals surface area contributed by atoms with Crippen molar-refractivity contribution >= 4 is 27.6 Å². The number of halogens is 1. The summed E-state index contributed by atoms with van der Waals surface area (Å²) < 4.78 is 6.12. The van der Waals surface area contributed by atoms with Gasteiger partial charge < -0.3 is 10.5 Å². The summed E-state index contributed by atoms with van der Waals surface area (Å²) in [6.45, 7) is 0.166. The molecule has 2 aromatic rings. The van der Waals surface area contributed by atoms with E-state index < -0.39 is 0 Å². The lowest BCUT2D eigenvalue weighted by molar-refractivity contribution is 0.0473. The predicted molar refractivity (Wildman–Crippen MR) is 74.1 cm³/mol. The Kier molecular flexibility index (Phi) is 3.99. The number of anilines is 1. The molecule has 0 unspecified atom stereocenters. The number of carbonyl (C=O) groups is 1. The predicted octanol–water partition coefficient (Wildman–Crippen LogP) is 3.39. The van der Waals surface area contributed by atoms with Crippen molar-refractivity contribution in [1.29, 1.82) is 0 Å². The van der Waals surface area contributed by atoms with Gasteiger partial charge in [-0.3, -0.25) is 0 Å². The van der Waals surface area contributed by atoms with Crippen LogP contribution in [0.25, 0.3) is 0 Å². The fraction of sp³-hybridized carbons (Fsp3) is 0.0714. The zero-order valence-corrected chi connectivity index (χ0v) is 11.2. The number of esters is 1. The average molecular weight is 306 g/mol. The van der Waals surface area contributed by atoms with Crippen LogP contribution in [0.1, 0.15) is 15.9 Å². The van der Waals surface area contributed by atoms with Crippen molar-refractivity contribution < 1.29 is 9.53 Å². The van der Waals surface area contributed by atoms with Crippen LogP contribution < -0.4 is 5.73 Å². The van der Waals surface area contributed by atoms with E-state index in [0.29, 0.717) is 11.3 Å². The van der Waals surface area contributed by atoms with Gasteiger partial charge in [0.15, 0.2) is 0 Å². The Morgan fingerprint density at radius 1 is 1.17 bits per heavy atom. The maximum absolute atomic E-state index is 11.7. The summed E-state index contributed by atoms with van der Waals surface area (Å²) in [7, 11) is 0. The van der Waals surface area contributed by atoms with E-state index in [1.807, 2.05) is 18.2 Å². The Labute approximate surface area is 114 Å². The molecule has 92 valence electrons. The van der Waals surface area contributed by atoms with Crippen molar-refractivity contribution in [2.24, 2.45) is 0 Å². The van der Waals surface area contributed by atoms with Gasteiger partial charge in [-0.1, -0.05) is 34.1 Å². The zero-order valence-electron chi connectivity index (χ0n) is 9.60. The third-order valence-corrected chi connectivity index (χ3v) is 2.97. The minimum Gasteiger partial charge on any atom is -0.457 e. The molecule has 2 aromatic carbocycles. The van der Waals surface area contributed by atoms with E-state index in [1.54, 1.807) is 30.3 Å². The maximum Gasteiger partial charge on any atom is 0.338 e. The maximum atomic E-state index is 11.7. The first-order chi connectivity index (χ1) is 8.66. The first-order valence-electron chi connectivity index (χ1n) is 5.43. The summed E-state index contributed by atoms with van der Waals surface area (Å²) in [4.78, 5) is 11.7. The van der Waals surface area contributed by atoms with Crippen LogP contribution in [0.2, 0.25) is 0 Å². The fourth-order valence-electron chi connectivity index (χ4n) is 1.50. The molecule has 0 fully saturated rings. The Bertz CT molecular complexity index is 555. The van der Waals surface area contributed by atoms with Gasteiger partial charge in [0.05, 0.1) is 5.56 Å². The number of nitrogens with two attached hydrogens (primary N) is 1. The molecule has 0 atom stereocenters. The van der Waals surface area contributed by atoms with Gasteiger partial charge in [-0.2, -0.15) is 0 Å². The summed E-state index contributed by atoms with van der Waals surface area (Å²) >= 11 is 3.35. The van der Waals surface area contributed by atoms with E-state index in [0.717, 1.165) is 10.0 Å². The standard InChI is InChI=1S/C14H12BrNO2/c15-12-6-7-13(16)11(8-12)9-18-14(17)10-4-2-1-3-5-10/h1-8H,9,16H2. The molecule has 0 spiro atoms. The number of rotatable bonds is 3. The third-order valence-electron chi connectivity index (χ3n) is 2.47. The number of nitrogen functional groups attached to an aromatic ring is 1. The van der Waals surface area contributed by atoms with Crippen LogP contribution in [0.3, 0.4) is 0 Å². The van der Waals surface area contributed by atoms with Crippen LogP contribution in [-0.2, 0) is 11.3 Å². The van der Waals surface area contributed by atoms with Crippen molar-refractivity contribution in [3.8, 4) is 0 Å². The second kappa shape index (κ2) is 5.69. The molecule has 2 rings (SSSR count). The number of ether oxygens (including phenoxy) is 1. The lowest BCUT2D eigenvalue weighted by Gasteiger charge is -2.07. The molecule has 0 saturated carbocycles. The number of carbonyl (C=O) groups excluding carboxylic acids is 1. The molecule has 0 saturated heterocycles. The zero-order chi connectivity index (χ0) is 13.0. The minimum atomic E-state index is -0.352. The number of benzene rings is 2. The molecule has 0 amide bonds. The van der Waals surface area contributed by atoms with Crippen molar-refractivity contribution in [3.05, 3.63) is 64.1 Å². The molecule has 2 N–H and O–H groups in total. The van der Waals surface area contributed by atoms with Gasteiger partial charge in [0.25, 0.3) is 0 Å². The molecule has 0 aliphatic rings. The molecule has 0 bridgehead atoms. The summed E-state index contributed by atoms with van der Waals surface area (Å²) in [5.74, 6) is -0.352. The summed E-state index contributed by atoms with van der Waals surface area (Å²) in [6.07, 6.45) is 0. The highest BCUT2D eigenvalue weighted by Gasteiger charge is 2.08. The van der Waals surface area contributed by atoms with E-state index in [1.165, 1.54) is 0 Å². The van der Waals surface area contributed by atoms with Crippen LogP contribution in [0.4, 0.5) is 5.69 Å². The molecule has 18 heavy (non-hydrogen) atoms. The van der Waals surface area contributed by atoms with Gasteiger partial charge in [-0.05, 0) is 30.3 Å². The van der Waals surface area contributed by atoms with Gasteiger partial charge >= 0.3 is 5.97 Å². The van der Waals surface area contributed by atoms with Crippen molar-refractivity contribution in [1.82, 2.24) is 0 Å². The Hall–Kier alpha value is -1.81. The highest BCUT2D eigenvalue weighted by atomic mass is 79.9. The van der Waals surface area contributed by atoms with Gasteiger partial charge in [-0.25, -0.2) is 4.79 Å². The molecule has 0 radical (unpaired) electrons. The van der Waals surface area contributed by atoms with Crippen LogP contribution >= 0.6 is 15.9 Å². The van der Waals surface area contributed by atoms with E-state index in [9.17, 15) is 4.79 Å². The number of hydrogen-bond acceptors (Lipinski definition) is 3. The highest BCUT2D eigenvalue weighted by Crippen LogP contribution is 2.19. The monoisotopic (exact) mass is 305 g/mol. The normalized spacial score (nSPS) is 10.1. The molecule has 0 heterocycles. The van der Waals surface area contributed by atoms with Gasteiger partial charge in [-0.15, -0.1) is 0 Å². The van der Waals surface area contributed by atoms with Crippen molar-refractivity contribution in [2.75, 3.05) is 5.73 Å². The molecule has 3 nitrogen and oxygen atoms in total. The first kappa shape index (κ1) is 12.6. The van der Waals surface area contributed by atoms with Gasteiger partial charge in [0.2, 0.25) is 0 Å².